The first kappa shape index (κ1) is 19.4. The van der Waals surface area contributed by atoms with Crippen molar-refractivity contribution in [3.63, 3.8) is 0 Å². The summed E-state index contributed by atoms with van der Waals surface area (Å²) in [7, 11) is 0. The summed E-state index contributed by atoms with van der Waals surface area (Å²) in [5.41, 5.74) is 3.62. The van der Waals surface area contributed by atoms with Crippen molar-refractivity contribution in [1.29, 1.82) is 0 Å². The number of piperidine rings is 1. The molecule has 7 heteroatoms. The van der Waals surface area contributed by atoms with Gasteiger partial charge in [-0.3, -0.25) is 9.59 Å². The van der Waals surface area contributed by atoms with E-state index >= 15 is 0 Å². The molecule has 0 aliphatic carbocycles. The number of rotatable bonds is 5. The lowest BCUT2D eigenvalue weighted by Gasteiger charge is -2.31. The van der Waals surface area contributed by atoms with Gasteiger partial charge in [-0.05, 0) is 31.4 Å². The minimum atomic E-state index is -0.183. The second-order valence-electron chi connectivity index (χ2n) is 7.27. The molecule has 2 aromatic heterocycles. The standard InChI is InChI=1S/C22H23N3O3S/c1-15-24-20(14-29-15)17-6-4-16(5-7-17)11-23-21(26)18-3-2-9-25(12-18)22(27)19-8-10-28-13-19/h4-8,10,13-14,18H,2-3,9,11-12H2,1H3,(H,23,26). The Morgan fingerprint density at radius 1 is 1.28 bits per heavy atom. The third-order valence-electron chi connectivity index (χ3n) is 5.18. The highest BCUT2D eigenvalue weighted by Crippen LogP contribution is 2.22. The van der Waals surface area contributed by atoms with E-state index in [1.165, 1.54) is 12.5 Å². The zero-order valence-electron chi connectivity index (χ0n) is 16.3. The smallest absolute Gasteiger partial charge is 0.257 e. The molecule has 1 saturated heterocycles. The number of nitrogens with one attached hydrogen (secondary N) is 1. The summed E-state index contributed by atoms with van der Waals surface area (Å²) >= 11 is 1.63. The summed E-state index contributed by atoms with van der Waals surface area (Å²) in [6.45, 7) is 3.58. The Balaban J connectivity index is 1.31. The van der Waals surface area contributed by atoms with Crippen LogP contribution >= 0.6 is 11.3 Å². The minimum absolute atomic E-state index is 0.00565. The zero-order valence-corrected chi connectivity index (χ0v) is 17.1. The van der Waals surface area contributed by atoms with E-state index in [0.29, 0.717) is 25.2 Å². The zero-order chi connectivity index (χ0) is 20.2. The Morgan fingerprint density at radius 3 is 2.79 bits per heavy atom. The average molecular weight is 410 g/mol. The molecule has 1 aliphatic heterocycles. The average Bonchev–Trinajstić information content (AvgIpc) is 3.44. The molecule has 3 aromatic rings. The molecule has 150 valence electrons. The van der Waals surface area contributed by atoms with Crippen LogP contribution in [0.1, 0.15) is 33.8 Å². The fourth-order valence-corrected chi connectivity index (χ4v) is 4.19. The number of aromatic nitrogens is 1. The molecule has 0 saturated carbocycles. The van der Waals surface area contributed by atoms with E-state index in [9.17, 15) is 9.59 Å². The summed E-state index contributed by atoms with van der Waals surface area (Å²) in [4.78, 5) is 31.4. The van der Waals surface area contributed by atoms with Crippen molar-refractivity contribution in [3.8, 4) is 11.3 Å². The van der Waals surface area contributed by atoms with Crippen molar-refractivity contribution in [2.75, 3.05) is 13.1 Å². The molecule has 1 atom stereocenters. The third kappa shape index (κ3) is 4.56. The van der Waals surface area contributed by atoms with E-state index in [-0.39, 0.29) is 17.7 Å². The van der Waals surface area contributed by atoms with Crippen LogP contribution in [0.15, 0.2) is 52.7 Å². The van der Waals surface area contributed by atoms with Crippen molar-refractivity contribution < 1.29 is 14.0 Å². The number of nitrogens with zero attached hydrogens (tertiary/aromatic N) is 2. The van der Waals surface area contributed by atoms with Gasteiger partial charge in [0.05, 0.1) is 28.4 Å². The molecule has 29 heavy (non-hydrogen) atoms. The SMILES string of the molecule is Cc1nc(-c2ccc(CNC(=O)C3CCCN(C(=O)c4ccoc4)C3)cc2)cs1. The molecule has 1 aromatic carbocycles. The van der Waals surface area contributed by atoms with Crippen LogP contribution in [0.5, 0.6) is 0 Å². The van der Waals surface area contributed by atoms with Crippen LogP contribution in [0.2, 0.25) is 0 Å². The first-order valence-corrected chi connectivity index (χ1v) is 10.6. The molecule has 0 bridgehead atoms. The minimum Gasteiger partial charge on any atom is -0.472 e. The van der Waals surface area contributed by atoms with Crippen molar-refractivity contribution in [3.05, 3.63) is 64.4 Å². The number of carbonyl (C=O) groups is 2. The van der Waals surface area contributed by atoms with E-state index in [1.807, 2.05) is 36.6 Å². The van der Waals surface area contributed by atoms with E-state index in [1.54, 1.807) is 22.3 Å². The maximum absolute atomic E-state index is 12.6. The fourth-order valence-electron chi connectivity index (χ4n) is 3.57. The predicted octanol–water partition coefficient (Wildman–Crippen LogP) is 3.88. The summed E-state index contributed by atoms with van der Waals surface area (Å²) in [6, 6.07) is 9.74. The highest BCUT2D eigenvalue weighted by atomic mass is 32.1. The van der Waals surface area contributed by atoms with E-state index < -0.39 is 0 Å². The number of thiazole rings is 1. The fraction of sp³-hybridized carbons (Fsp3) is 0.318. The molecule has 2 amide bonds. The second kappa shape index (κ2) is 8.61. The maximum Gasteiger partial charge on any atom is 0.257 e. The molecular formula is C22H23N3O3S. The number of carbonyl (C=O) groups excluding carboxylic acids is 2. The number of furan rings is 1. The number of hydrogen-bond donors (Lipinski definition) is 1. The largest absolute Gasteiger partial charge is 0.472 e. The molecule has 3 heterocycles. The Bertz CT molecular complexity index is 979. The number of benzene rings is 1. The lowest BCUT2D eigenvalue weighted by atomic mass is 9.96. The Kier molecular flexibility index (Phi) is 5.76. The number of amides is 2. The van der Waals surface area contributed by atoms with Gasteiger partial charge < -0.3 is 14.6 Å². The predicted molar refractivity (Wildman–Crippen MR) is 111 cm³/mol. The Hall–Kier alpha value is -2.93. The Labute approximate surface area is 173 Å². The van der Waals surface area contributed by atoms with E-state index in [2.05, 4.69) is 10.3 Å². The molecule has 4 rings (SSSR count). The highest BCUT2D eigenvalue weighted by molar-refractivity contribution is 7.09. The number of aryl methyl sites for hydroxylation is 1. The van der Waals surface area contributed by atoms with Gasteiger partial charge in [-0.1, -0.05) is 24.3 Å². The first-order chi connectivity index (χ1) is 14.1. The lowest BCUT2D eigenvalue weighted by molar-refractivity contribution is -0.126. The normalized spacial score (nSPS) is 16.6. The van der Waals surface area contributed by atoms with Gasteiger partial charge in [0, 0.05) is 30.6 Å². The summed E-state index contributed by atoms with van der Waals surface area (Å²) in [6.07, 6.45) is 4.55. The summed E-state index contributed by atoms with van der Waals surface area (Å²) in [5.74, 6) is -0.269. The van der Waals surface area contributed by atoms with Crippen LogP contribution in [0.3, 0.4) is 0 Å². The molecule has 0 spiro atoms. The van der Waals surface area contributed by atoms with Gasteiger partial charge in [0.25, 0.3) is 5.91 Å². The molecule has 1 N–H and O–H groups in total. The van der Waals surface area contributed by atoms with Crippen molar-refractivity contribution >= 4 is 23.2 Å². The van der Waals surface area contributed by atoms with Crippen LogP contribution in [-0.4, -0.2) is 34.8 Å². The van der Waals surface area contributed by atoms with Crippen LogP contribution in [0.4, 0.5) is 0 Å². The highest BCUT2D eigenvalue weighted by Gasteiger charge is 2.29. The molecule has 1 unspecified atom stereocenters. The molecule has 1 aliphatic rings. The number of likely N-dealkylation sites (tertiary alicyclic amines) is 1. The van der Waals surface area contributed by atoms with Gasteiger partial charge in [-0.15, -0.1) is 11.3 Å². The molecular weight excluding hydrogens is 386 g/mol. The second-order valence-corrected chi connectivity index (χ2v) is 8.33. The lowest BCUT2D eigenvalue weighted by Crippen LogP contribution is -2.45. The van der Waals surface area contributed by atoms with E-state index in [0.717, 1.165) is 34.7 Å². The molecule has 0 radical (unpaired) electrons. The molecule has 6 nitrogen and oxygen atoms in total. The van der Waals surface area contributed by atoms with Gasteiger partial charge in [0.15, 0.2) is 0 Å². The first-order valence-electron chi connectivity index (χ1n) is 9.71. The quantitative estimate of drug-likeness (QED) is 0.694. The third-order valence-corrected chi connectivity index (χ3v) is 5.96. The van der Waals surface area contributed by atoms with Crippen LogP contribution in [0, 0.1) is 12.8 Å². The Morgan fingerprint density at radius 2 is 2.10 bits per heavy atom. The summed E-state index contributed by atoms with van der Waals surface area (Å²) < 4.78 is 5.00. The van der Waals surface area contributed by atoms with Crippen LogP contribution < -0.4 is 5.32 Å². The van der Waals surface area contributed by atoms with Gasteiger partial charge in [0.1, 0.15) is 6.26 Å². The van der Waals surface area contributed by atoms with Crippen LogP contribution in [0.25, 0.3) is 11.3 Å². The van der Waals surface area contributed by atoms with E-state index in [4.69, 9.17) is 4.42 Å². The monoisotopic (exact) mass is 409 g/mol. The van der Waals surface area contributed by atoms with Crippen LogP contribution in [-0.2, 0) is 11.3 Å². The topological polar surface area (TPSA) is 75.4 Å². The van der Waals surface area contributed by atoms with Crippen molar-refractivity contribution in [2.24, 2.45) is 5.92 Å². The van der Waals surface area contributed by atoms with Gasteiger partial charge in [-0.2, -0.15) is 0 Å². The van der Waals surface area contributed by atoms with Crippen molar-refractivity contribution in [2.45, 2.75) is 26.3 Å². The molecule has 1 fully saturated rings. The maximum atomic E-state index is 12.6. The summed E-state index contributed by atoms with van der Waals surface area (Å²) in [5, 5.41) is 6.11. The van der Waals surface area contributed by atoms with Gasteiger partial charge in [-0.25, -0.2) is 4.98 Å². The van der Waals surface area contributed by atoms with Gasteiger partial charge >= 0.3 is 0 Å². The number of hydrogen-bond acceptors (Lipinski definition) is 5. The van der Waals surface area contributed by atoms with Crippen molar-refractivity contribution in [1.82, 2.24) is 15.2 Å². The van der Waals surface area contributed by atoms with Gasteiger partial charge in [0.2, 0.25) is 5.91 Å².